The van der Waals surface area contributed by atoms with Gasteiger partial charge in [-0.1, -0.05) is 11.6 Å². The van der Waals surface area contributed by atoms with Crippen LogP contribution in [0.2, 0.25) is 5.02 Å². The SMILES string of the molecule is CNN1C(=O)CNc2cc(Cl)c(-n3c(=O)cc(C(F)(F)F)n(C)c3=O)cc21. The first-order valence-corrected chi connectivity index (χ1v) is 7.92. The summed E-state index contributed by atoms with van der Waals surface area (Å²) in [4.78, 5) is 36.7. The van der Waals surface area contributed by atoms with Gasteiger partial charge in [0.25, 0.3) is 11.5 Å². The molecule has 0 saturated heterocycles. The molecule has 1 aromatic heterocycles. The molecule has 0 saturated carbocycles. The molecule has 1 amide bonds. The Morgan fingerprint density at radius 2 is 1.81 bits per heavy atom. The molecule has 3 rings (SSSR count). The van der Waals surface area contributed by atoms with Gasteiger partial charge in [-0.15, -0.1) is 0 Å². The average molecular weight is 404 g/mol. The molecule has 2 heterocycles. The Morgan fingerprint density at radius 3 is 2.41 bits per heavy atom. The van der Waals surface area contributed by atoms with Gasteiger partial charge in [0, 0.05) is 20.2 Å². The third-order valence-electron chi connectivity index (χ3n) is 4.06. The summed E-state index contributed by atoms with van der Waals surface area (Å²) < 4.78 is 39.8. The number of carbonyl (C=O) groups excluding carboxylic acids is 1. The number of amides is 1. The van der Waals surface area contributed by atoms with Crippen LogP contribution >= 0.6 is 11.6 Å². The fraction of sp³-hybridized carbons (Fsp3) is 0.267. The minimum Gasteiger partial charge on any atom is -0.374 e. The Morgan fingerprint density at radius 1 is 1.15 bits per heavy atom. The molecular weight excluding hydrogens is 391 g/mol. The van der Waals surface area contributed by atoms with Gasteiger partial charge >= 0.3 is 11.9 Å². The summed E-state index contributed by atoms with van der Waals surface area (Å²) in [5.74, 6) is -0.342. The number of anilines is 2. The van der Waals surface area contributed by atoms with Gasteiger partial charge in [-0.3, -0.25) is 14.2 Å². The van der Waals surface area contributed by atoms with Gasteiger partial charge in [0.15, 0.2) is 0 Å². The number of nitrogens with one attached hydrogen (secondary N) is 2. The number of aromatic nitrogens is 2. The lowest BCUT2D eigenvalue weighted by atomic mass is 10.2. The van der Waals surface area contributed by atoms with Crippen molar-refractivity contribution >= 4 is 28.9 Å². The number of benzene rings is 1. The van der Waals surface area contributed by atoms with E-state index in [-0.39, 0.29) is 28.8 Å². The number of alkyl halides is 3. The number of hydrogen-bond donors (Lipinski definition) is 2. The number of nitrogens with zero attached hydrogens (tertiary/aromatic N) is 3. The second-order valence-electron chi connectivity index (χ2n) is 5.67. The van der Waals surface area contributed by atoms with Crippen LogP contribution in [0, 0.1) is 0 Å². The predicted molar refractivity (Wildman–Crippen MR) is 92.3 cm³/mol. The Balaban J connectivity index is 2.29. The molecule has 1 aromatic carbocycles. The molecule has 1 aliphatic rings. The molecule has 0 bridgehead atoms. The molecule has 1 aliphatic heterocycles. The number of halogens is 4. The first kappa shape index (κ1) is 19.0. The third kappa shape index (κ3) is 3.08. The number of rotatable bonds is 2. The molecule has 0 atom stereocenters. The Hall–Kier alpha value is -2.79. The molecular formula is C15H13ClF3N5O3. The van der Waals surface area contributed by atoms with E-state index >= 15 is 0 Å². The highest BCUT2D eigenvalue weighted by molar-refractivity contribution is 6.33. The summed E-state index contributed by atoms with van der Waals surface area (Å²) in [5.41, 5.74) is -0.563. The first-order valence-electron chi connectivity index (χ1n) is 7.54. The predicted octanol–water partition coefficient (Wildman–Crippen LogP) is 1.10. The minimum absolute atomic E-state index is 0.00842. The quantitative estimate of drug-likeness (QED) is 0.784. The van der Waals surface area contributed by atoms with Crippen LogP contribution in [-0.2, 0) is 18.0 Å². The minimum atomic E-state index is -4.87. The Bertz CT molecular complexity index is 1060. The summed E-state index contributed by atoms with van der Waals surface area (Å²) in [6, 6.07) is 2.97. The van der Waals surface area contributed by atoms with Gasteiger partial charge in [0.1, 0.15) is 5.69 Å². The molecule has 0 radical (unpaired) electrons. The normalized spacial score (nSPS) is 14.1. The molecule has 144 valence electrons. The number of fused-ring (bicyclic) bond motifs is 1. The van der Waals surface area contributed by atoms with E-state index in [4.69, 9.17) is 11.6 Å². The van der Waals surface area contributed by atoms with E-state index in [1.807, 2.05) is 0 Å². The van der Waals surface area contributed by atoms with Crippen LogP contribution < -0.4 is 27.0 Å². The highest BCUT2D eigenvalue weighted by atomic mass is 35.5. The Kier molecular flexibility index (Phi) is 4.52. The van der Waals surface area contributed by atoms with E-state index in [9.17, 15) is 27.6 Å². The van der Waals surface area contributed by atoms with Crippen LogP contribution in [0.25, 0.3) is 5.69 Å². The van der Waals surface area contributed by atoms with Crippen molar-refractivity contribution in [3.63, 3.8) is 0 Å². The molecule has 8 nitrogen and oxygen atoms in total. The standard InChI is InChI=1S/C15H13ClF3N5O3/c1-20-24-10-4-9(7(16)3-8(10)21-6-13(24)26)23-12(25)5-11(15(17,18)19)22(2)14(23)27/h3-5,20-21H,6H2,1-2H3. The fourth-order valence-corrected chi connectivity index (χ4v) is 3.05. The van der Waals surface area contributed by atoms with Gasteiger partial charge < -0.3 is 5.32 Å². The van der Waals surface area contributed by atoms with Crippen LogP contribution in [0.15, 0.2) is 27.8 Å². The first-order chi connectivity index (χ1) is 12.6. The van der Waals surface area contributed by atoms with E-state index < -0.39 is 23.1 Å². The summed E-state index contributed by atoms with van der Waals surface area (Å²) >= 11 is 6.16. The van der Waals surface area contributed by atoms with Crippen molar-refractivity contribution in [1.29, 1.82) is 0 Å². The molecule has 27 heavy (non-hydrogen) atoms. The third-order valence-corrected chi connectivity index (χ3v) is 4.36. The number of hydrazine groups is 1. The van der Waals surface area contributed by atoms with Crippen molar-refractivity contribution in [3.05, 3.63) is 49.8 Å². The fourth-order valence-electron chi connectivity index (χ4n) is 2.80. The highest BCUT2D eigenvalue weighted by Crippen LogP contribution is 2.35. The van der Waals surface area contributed by atoms with Gasteiger partial charge in [-0.2, -0.15) is 13.2 Å². The van der Waals surface area contributed by atoms with Crippen molar-refractivity contribution in [2.75, 3.05) is 23.9 Å². The van der Waals surface area contributed by atoms with E-state index in [1.54, 1.807) is 0 Å². The smallest absolute Gasteiger partial charge is 0.374 e. The highest BCUT2D eigenvalue weighted by Gasteiger charge is 2.35. The zero-order valence-electron chi connectivity index (χ0n) is 14.0. The van der Waals surface area contributed by atoms with Gasteiger partial charge in [0.2, 0.25) is 0 Å². The van der Waals surface area contributed by atoms with Crippen LogP contribution in [0.5, 0.6) is 0 Å². The summed E-state index contributed by atoms with van der Waals surface area (Å²) in [6.07, 6.45) is -4.87. The average Bonchev–Trinajstić information content (AvgIpc) is 2.58. The van der Waals surface area contributed by atoms with Gasteiger partial charge in [0.05, 0.1) is 28.6 Å². The van der Waals surface area contributed by atoms with E-state index in [1.165, 1.54) is 24.2 Å². The summed E-state index contributed by atoms with van der Waals surface area (Å²) in [5, 5.41) is 3.95. The van der Waals surface area contributed by atoms with Crippen molar-refractivity contribution in [2.45, 2.75) is 6.18 Å². The van der Waals surface area contributed by atoms with E-state index in [2.05, 4.69) is 10.7 Å². The van der Waals surface area contributed by atoms with E-state index in [0.717, 1.165) is 7.05 Å². The van der Waals surface area contributed by atoms with E-state index in [0.29, 0.717) is 20.9 Å². The van der Waals surface area contributed by atoms with Crippen LogP contribution in [0.3, 0.4) is 0 Å². The number of carbonyl (C=O) groups is 1. The van der Waals surface area contributed by atoms with Crippen LogP contribution in [-0.4, -0.2) is 28.6 Å². The monoisotopic (exact) mass is 403 g/mol. The van der Waals surface area contributed by atoms with Gasteiger partial charge in [-0.25, -0.2) is 19.8 Å². The lowest BCUT2D eigenvalue weighted by Gasteiger charge is -2.30. The largest absolute Gasteiger partial charge is 0.431 e. The molecule has 0 aliphatic carbocycles. The summed E-state index contributed by atoms with van der Waals surface area (Å²) in [7, 11) is 2.39. The van der Waals surface area contributed by atoms with Crippen molar-refractivity contribution in [3.8, 4) is 5.69 Å². The zero-order chi connectivity index (χ0) is 20.1. The molecule has 2 aromatic rings. The lowest BCUT2D eigenvalue weighted by molar-refractivity contribution is -0.144. The van der Waals surface area contributed by atoms with Crippen molar-refractivity contribution < 1.29 is 18.0 Å². The number of hydrogen-bond acceptors (Lipinski definition) is 5. The topological polar surface area (TPSA) is 88.4 Å². The molecule has 0 unspecified atom stereocenters. The maximum atomic E-state index is 13.0. The molecule has 12 heteroatoms. The Labute approximate surface area is 154 Å². The van der Waals surface area contributed by atoms with Crippen molar-refractivity contribution in [2.24, 2.45) is 7.05 Å². The second-order valence-corrected chi connectivity index (χ2v) is 6.08. The maximum Gasteiger partial charge on any atom is 0.431 e. The molecule has 0 spiro atoms. The van der Waals surface area contributed by atoms with Crippen LogP contribution in [0.1, 0.15) is 5.69 Å². The lowest BCUT2D eigenvalue weighted by Crippen LogP contribution is -2.47. The van der Waals surface area contributed by atoms with Gasteiger partial charge in [-0.05, 0) is 12.1 Å². The summed E-state index contributed by atoms with van der Waals surface area (Å²) in [6.45, 7) is -0.00842. The maximum absolute atomic E-state index is 13.0. The zero-order valence-corrected chi connectivity index (χ0v) is 14.8. The van der Waals surface area contributed by atoms with Crippen LogP contribution in [0.4, 0.5) is 24.5 Å². The molecule has 0 fully saturated rings. The van der Waals surface area contributed by atoms with Crippen molar-refractivity contribution in [1.82, 2.24) is 14.6 Å². The second kappa shape index (κ2) is 6.43. The molecule has 2 N–H and O–H groups in total.